The quantitative estimate of drug-likeness (QED) is 0.775. The fraction of sp³-hybridized carbons (Fsp3) is 0.133. The van der Waals surface area contributed by atoms with Crippen LogP contribution in [0.4, 0.5) is 0 Å². The first-order valence-electron chi connectivity index (χ1n) is 5.76. The highest BCUT2D eigenvalue weighted by molar-refractivity contribution is 8.14. The van der Waals surface area contributed by atoms with E-state index >= 15 is 0 Å². The smallest absolute Gasteiger partial charge is 0.0978 e. The predicted octanol–water partition coefficient (Wildman–Crippen LogP) is 3.85. The lowest BCUT2D eigenvalue weighted by Gasteiger charge is -2.05. The van der Waals surface area contributed by atoms with Gasteiger partial charge < -0.3 is 0 Å². The van der Waals surface area contributed by atoms with E-state index in [0.717, 1.165) is 12.3 Å². The molecule has 2 aromatic carbocycles. The van der Waals surface area contributed by atoms with Crippen LogP contribution < -0.4 is 0 Å². The summed E-state index contributed by atoms with van der Waals surface area (Å²) in [6, 6.07) is 19.1. The first-order valence-corrected chi connectivity index (χ1v) is 6.75. The van der Waals surface area contributed by atoms with E-state index in [1.54, 1.807) is 0 Å². The zero-order chi connectivity index (χ0) is 11.5. The molecular weight excluding hydrogens is 226 g/mol. The zero-order valence-electron chi connectivity index (χ0n) is 9.47. The summed E-state index contributed by atoms with van der Waals surface area (Å²) < 4.78 is 0. The second-order valence-corrected chi connectivity index (χ2v) is 5.07. The Morgan fingerprint density at radius 1 is 0.824 bits per heavy atom. The number of hydrogen-bond acceptors (Lipinski definition) is 2. The second-order valence-electron chi connectivity index (χ2n) is 3.98. The van der Waals surface area contributed by atoms with Gasteiger partial charge in [-0.05, 0) is 17.2 Å². The summed E-state index contributed by atoms with van der Waals surface area (Å²) in [5.74, 6) is 1.12. The van der Waals surface area contributed by atoms with Gasteiger partial charge in [-0.15, -0.1) is 11.8 Å². The van der Waals surface area contributed by atoms with Gasteiger partial charge in [0.25, 0.3) is 0 Å². The molecule has 0 saturated carbocycles. The molecule has 0 atom stereocenters. The van der Waals surface area contributed by atoms with Crippen LogP contribution in [0.2, 0.25) is 0 Å². The van der Waals surface area contributed by atoms with Crippen molar-refractivity contribution in [2.75, 3.05) is 12.3 Å². The Bertz CT molecular complexity index is 546. The second kappa shape index (κ2) is 4.76. The lowest BCUT2D eigenvalue weighted by Crippen LogP contribution is -1.91. The summed E-state index contributed by atoms with van der Waals surface area (Å²) in [5, 5.41) is 1.18. The molecule has 0 unspecified atom stereocenters. The maximum absolute atomic E-state index is 4.52. The molecule has 1 aliphatic rings. The summed E-state index contributed by atoms with van der Waals surface area (Å²) in [6.45, 7) is 0.954. The van der Waals surface area contributed by atoms with Crippen LogP contribution in [0.5, 0.6) is 0 Å². The average Bonchev–Trinajstić information content (AvgIpc) is 2.94. The first-order chi connectivity index (χ1) is 8.43. The maximum Gasteiger partial charge on any atom is 0.0978 e. The number of thioether (sulfide) groups is 1. The van der Waals surface area contributed by atoms with E-state index in [4.69, 9.17) is 0 Å². The molecule has 2 aromatic rings. The highest BCUT2D eigenvalue weighted by Crippen LogP contribution is 2.24. The minimum Gasteiger partial charge on any atom is -0.277 e. The predicted molar refractivity (Wildman–Crippen MR) is 75.7 cm³/mol. The van der Waals surface area contributed by atoms with Crippen LogP contribution in [0, 0.1) is 0 Å². The molecule has 0 aliphatic carbocycles. The van der Waals surface area contributed by atoms with Crippen molar-refractivity contribution in [1.29, 1.82) is 0 Å². The monoisotopic (exact) mass is 239 g/mol. The molecule has 0 amide bonds. The van der Waals surface area contributed by atoms with Crippen LogP contribution in [-0.2, 0) is 0 Å². The third-order valence-corrected chi connectivity index (χ3v) is 3.83. The molecule has 0 spiro atoms. The standard InChI is InChI=1S/C15H13NS/c1-2-5-12(6-3-1)13-7-4-8-14(11-13)15-16-9-10-17-15/h1-8,11H,9-10H2. The van der Waals surface area contributed by atoms with E-state index in [2.05, 4.69) is 53.5 Å². The first kappa shape index (κ1) is 10.6. The fourth-order valence-corrected chi connectivity index (χ4v) is 2.82. The van der Waals surface area contributed by atoms with Crippen molar-refractivity contribution in [3.05, 3.63) is 60.2 Å². The molecule has 17 heavy (non-hydrogen) atoms. The number of benzene rings is 2. The maximum atomic E-state index is 4.52. The topological polar surface area (TPSA) is 12.4 Å². The van der Waals surface area contributed by atoms with Gasteiger partial charge in [-0.25, -0.2) is 0 Å². The SMILES string of the molecule is c1ccc(-c2cccc(C3=NCCS3)c2)cc1. The van der Waals surface area contributed by atoms with Crippen LogP contribution in [0.3, 0.4) is 0 Å². The van der Waals surface area contributed by atoms with Crippen molar-refractivity contribution in [1.82, 2.24) is 0 Å². The van der Waals surface area contributed by atoms with E-state index in [0.29, 0.717) is 0 Å². The molecule has 0 bridgehead atoms. The van der Waals surface area contributed by atoms with Crippen molar-refractivity contribution in [3.8, 4) is 11.1 Å². The van der Waals surface area contributed by atoms with E-state index < -0.39 is 0 Å². The van der Waals surface area contributed by atoms with Gasteiger partial charge in [-0.1, -0.05) is 48.5 Å². The van der Waals surface area contributed by atoms with E-state index in [-0.39, 0.29) is 0 Å². The van der Waals surface area contributed by atoms with Crippen molar-refractivity contribution in [3.63, 3.8) is 0 Å². The lowest BCUT2D eigenvalue weighted by atomic mass is 10.0. The molecule has 0 radical (unpaired) electrons. The molecule has 2 heteroatoms. The summed E-state index contributed by atoms with van der Waals surface area (Å²) in [6.07, 6.45) is 0. The van der Waals surface area contributed by atoms with Gasteiger partial charge in [0.05, 0.1) is 5.04 Å². The minimum absolute atomic E-state index is 0.954. The Balaban J connectivity index is 2.00. The number of aliphatic imine (C=N–C) groups is 1. The fourth-order valence-electron chi connectivity index (χ4n) is 1.97. The third kappa shape index (κ3) is 2.27. The zero-order valence-corrected chi connectivity index (χ0v) is 10.3. The highest BCUT2D eigenvalue weighted by Gasteiger charge is 2.10. The Morgan fingerprint density at radius 2 is 1.59 bits per heavy atom. The van der Waals surface area contributed by atoms with Gasteiger partial charge in [0, 0.05) is 17.9 Å². The number of nitrogens with zero attached hydrogens (tertiary/aromatic N) is 1. The Morgan fingerprint density at radius 3 is 2.35 bits per heavy atom. The molecule has 0 fully saturated rings. The van der Waals surface area contributed by atoms with Crippen LogP contribution in [-0.4, -0.2) is 17.3 Å². The van der Waals surface area contributed by atoms with Crippen molar-refractivity contribution < 1.29 is 0 Å². The Labute approximate surface area is 106 Å². The molecule has 0 aromatic heterocycles. The van der Waals surface area contributed by atoms with Gasteiger partial charge in [0.1, 0.15) is 0 Å². The molecule has 1 nitrogen and oxygen atoms in total. The summed E-state index contributed by atoms with van der Waals surface area (Å²) in [7, 11) is 0. The van der Waals surface area contributed by atoms with Crippen molar-refractivity contribution in [2.45, 2.75) is 0 Å². The Kier molecular flexibility index (Phi) is 2.97. The van der Waals surface area contributed by atoms with Crippen LogP contribution in [0.25, 0.3) is 11.1 Å². The average molecular weight is 239 g/mol. The third-order valence-electron chi connectivity index (χ3n) is 2.80. The van der Waals surface area contributed by atoms with Crippen molar-refractivity contribution >= 4 is 16.8 Å². The molecular formula is C15H13NS. The molecule has 0 saturated heterocycles. The summed E-state index contributed by atoms with van der Waals surface area (Å²) in [4.78, 5) is 4.52. The minimum atomic E-state index is 0.954. The molecule has 3 rings (SSSR count). The normalized spacial score (nSPS) is 14.7. The van der Waals surface area contributed by atoms with Crippen LogP contribution >= 0.6 is 11.8 Å². The van der Waals surface area contributed by atoms with Gasteiger partial charge in [0.15, 0.2) is 0 Å². The van der Waals surface area contributed by atoms with E-state index in [9.17, 15) is 0 Å². The summed E-state index contributed by atoms with van der Waals surface area (Å²) >= 11 is 1.85. The van der Waals surface area contributed by atoms with Gasteiger partial charge in [-0.2, -0.15) is 0 Å². The number of rotatable bonds is 2. The summed E-state index contributed by atoms with van der Waals surface area (Å²) in [5.41, 5.74) is 3.77. The van der Waals surface area contributed by atoms with Crippen LogP contribution in [0.1, 0.15) is 5.56 Å². The Hall–Kier alpha value is -1.54. The van der Waals surface area contributed by atoms with E-state index in [1.165, 1.54) is 21.7 Å². The molecule has 1 heterocycles. The molecule has 84 valence electrons. The van der Waals surface area contributed by atoms with Gasteiger partial charge >= 0.3 is 0 Å². The molecule has 0 N–H and O–H groups in total. The van der Waals surface area contributed by atoms with Crippen LogP contribution in [0.15, 0.2) is 59.6 Å². The van der Waals surface area contributed by atoms with E-state index in [1.807, 2.05) is 17.8 Å². The van der Waals surface area contributed by atoms with Gasteiger partial charge in [0.2, 0.25) is 0 Å². The lowest BCUT2D eigenvalue weighted by molar-refractivity contribution is 1.17. The van der Waals surface area contributed by atoms with Crippen molar-refractivity contribution in [2.24, 2.45) is 4.99 Å². The molecule has 1 aliphatic heterocycles. The number of hydrogen-bond donors (Lipinski definition) is 0. The highest BCUT2D eigenvalue weighted by atomic mass is 32.2. The van der Waals surface area contributed by atoms with Gasteiger partial charge in [-0.3, -0.25) is 4.99 Å². The largest absolute Gasteiger partial charge is 0.277 e.